The number of aliphatic hydroxyl groups excluding tert-OH is 1. The molecule has 0 aliphatic carbocycles. The molecule has 0 bridgehead atoms. The number of carbonyl (C=O) groups excluding carboxylic acids is 1. The zero-order valence-electron chi connectivity index (χ0n) is 25.9. The molecule has 0 saturated heterocycles. The normalized spacial score (nSPS) is 16.5. The summed E-state index contributed by atoms with van der Waals surface area (Å²) < 4.78 is 135. The molecular weight excluding hydrogens is 695 g/mol. The number of ether oxygens (including phenoxy) is 2. The van der Waals surface area contributed by atoms with Crippen LogP contribution in [0.15, 0.2) is 48.8 Å². The molecule has 2 N–H and O–H groups in total. The first-order chi connectivity index (χ1) is 23.3. The number of carbonyl (C=O) groups is 2. The summed E-state index contributed by atoms with van der Waals surface area (Å²) in [4.78, 5) is 34.6. The van der Waals surface area contributed by atoms with Gasteiger partial charge in [0.15, 0.2) is 5.75 Å². The minimum Gasteiger partial charge on any atom is -0.488 e. The van der Waals surface area contributed by atoms with E-state index in [0.717, 1.165) is 28.3 Å². The van der Waals surface area contributed by atoms with E-state index in [2.05, 4.69) is 9.97 Å². The number of carboxylic acid groups (broad SMARTS) is 1. The number of carboxylic acids is 1. The van der Waals surface area contributed by atoms with Gasteiger partial charge in [-0.3, -0.25) is 9.69 Å². The molecule has 1 amide bonds. The summed E-state index contributed by atoms with van der Waals surface area (Å²) in [7, 11) is 0. The lowest BCUT2D eigenvalue weighted by Gasteiger charge is -2.44. The summed E-state index contributed by atoms with van der Waals surface area (Å²) in [6, 6.07) is 1.08. The van der Waals surface area contributed by atoms with Gasteiger partial charge < -0.3 is 24.6 Å². The van der Waals surface area contributed by atoms with Gasteiger partial charge in [0.2, 0.25) is 5.95 Å². The van der Waals surface area contributed by atoms with Crippen LogP contribution in [-0.2, 0) is 34.6 Å². The molecule has 0 spiro atoms. The van der Waals surface area contributed by atoms with E-state index in [-0.39, 0.29) is 55.1 Å². The van der Waals surface area contributed by atoms with Crippen molar-refractivity contribution in [1.82, 2.24) is 9.97 Å². The van der Waals surface area contributed by atoms with Crippen LogP contribution in [0.2, 0.25) is 0 Å². The number of nitrogens with zero attached hydrogens (tertiary/aromatic N) is 4. The predicted molar refractivity (Wildman–Crippen MR) is 156 cm³/mol. The number of halogens is 9. The third-order valence-electron chi connectivity index (χ3n) is 7.65. The fourth-order valence-electron chi connectivity index (χ4n) is 5.41. The maximum absolute atomic E-state index is 14.0. The number of hydrogen-bond donors (Lipinski definition) is 2. The van der Waals surface area contributed by atoms with Crippen LogP contribution in [0.5, 0.6) is 5.75 Å². The van der Waals surface area contributed by atoms with Gasteiger partial charge in [-0.2, -0.15) is 39.5 Å². The van der Waals surface area contributed by atoms with Crippen molar-refractivity contribution in [3.63, 3.8) is 0 Å². The van der Waals surface area contributed by atoms with Gasteiger partial charge in [-0.25, -0.2) is 14.8 Å². The minimum atomic E-state index is -5.20. The molecule has 10 nitrogen and oxygen atoms in total. The third-order valence-corrected chi connectivity index (χ3v) is 7.65. The lowest BCUT2D eigenvalue weighted by molar-refractivity contribution is -0.143. The van der Waals surface area contributed by atoms with Crippen molar-refractivity contribution in [2.24, 2.45) is 0 Å². The average molecular weight is 725 g/mol. The van der Waals surface area contributed by atoms with Crippen molar-refractivity contribution in [2.45, 2.75) is 63.3 Å². The van der Waals surface area contributed by atoms with Gasteiger partial charge in [0.05, 0.1) is 53.8 Å². The molecule has 1 aliphatic heterocycles. The van der Waals surface area contributed by atoms with Crippen LogP contribution >= 0.6 is 0 Å². The molecular formula is C31H29F9N4O6. The number of aliphatic hydroxyl groups is 1. The number of rotatable bonds is 11. The van der Waals surface area contributed by atoms with E-state index < -0.39 is 84.5 Å². The van der Waals surface area contributed by atoms with Crippen LogP contribution in [-0.4, -0.2) is 58.1 Å². The van der Waals surface area contributed by atoms with Crippen molar-refractivity contribution in [2.75, 3.05) is 29.6 Å². The molecule has 0 fully saturated rings. The van der Waals surface area contributed by atoms with E-state index in [1.165, 1.54) is 0 Å². The molecule has 1 aromatic heterocycles. The van der Waals surface area contributed by atoms with E-state index >= 15 is 0 Å². The minimum absolute atomic E-state index is 0.0197. The van der Waals surface area contributed by atoms with Crippen molar-refractivity contribution in [3.8, 4) is 5.75 Å². The lowest BCUT2D eigenvalue weighted by Crippen LogP contribution is -2.48. The zero-order chi connectivity index (χ0) is 37.0. The Labute approximate surface area is 278 Å². The Morgan fingerprint density at radius 3 is 2.02 bits per heavy atom. The average Bonchev–Trinajstić information content (AvgIpc) is 3.04. The van der Waals surface area contributed by atoms with Crippen molar-refractivity contribution < 1.29 is 68.8 Å². The Morgan fingerprint density at radius 2 is 1.50 bits per heavy atom. The monoisotopic (exact) mass is 724 g/mol. The topological polar surface area (TPSA) is 125 Å². The van der Waals surface area contributed by atoms with E-state index in [1.807, 2.05) is 0 Å². The summed E-state index contributed by atoms with van der Waals surface area (Å²) in [5.41, 5.74) is -5.31. The standard InChI is InChI=1S/C31H29F9N4O6/c1-2-21-13-25(23-12-18(29(32,33)34)3-4-24(23)44(21)28(48)50-7-5-26(46)47)43(27-41-14-22(15-42-27)49-8-6-45)16-17-9-19(30(35,36)37)11-20(10-17)31(38,39)40/h3-4,9-12,14-15,21,25,45H,2,5-8,13,16H2,1H3,(H,46,47)/t21?,25-/m0/s1. The Kier molecular flexibility index (Phi) is 11.4. The first-order valence-electron chi connectivity index (χ1n) is 14.8. The number of fused-ring (bicyclic) bond motifs is 1. The number of hydrogen-bond acceptors (Lipinski definition) is 8. The molecule has 50 heavy (non-hydrogen) atoms. The van der Waals surface area contributed by atoms with E-state index in [1.54, 1.807) is 6.92 Å². The van der Waals surface area contributed by atoms with E-state index in [9.17, 15) is 49.1 Å². The van der Waals surface area contributed by atoms with E-state index in [0.29, 0.717) is 24.3 Å². The smallest absolute Gasteiger partial charge is 0.416 e. The largest absolute Gasteiger partial charge is 0.488 e. The number of anilines is 2. The number of aromatic nitrogens is 2. The highest BCUT2D eigenvalue weighted by Crippen LogP contribution is 2.46. The quantitative estimate of drug-likeness (QED) is 0.197. The van der Waals surface area contributed by atoms with Gasteiger partial charge in [0, 0.05) is 12.6 Å². The van der Waals surface area contributed by atoms with Gasteiger partial charge in [0.25, 0.3) is 0 Å². The second kappa shape index (κ2) is 15.0. The van der Waals surface area contributed by atoms with Crippen LogP contribution < -0.4 is 14.5 Å². The Bertz CT molecular complexity index is 1630. The predicted octanol–water partition coefficient (Wildman–Crippen LogP) is 7.25. The van der Waals surface area contributed by atoms with Gasteiger partial charge in [-0.15, -0.1) is 0 Å². The molecule has 3 aromatic rings. The highest BCUT2D eigenvalue weighted by molar-refractivity contribution is 5.90. The molecule has 1 unspecified atom stereocenters. The van der Waals surface area contributed by atoms with Gasteiger partial charge in [-0.05, 0) is 60.4 Å². The van der Waals surface area contributed by atoms with Gasteiger partial charge in [-0.1, -0.05) is 6.92 Å². The Balaban J connectivity index is 1.92. The lowest BCUT2D eigenvalue weighted by atomic mass is 9.87. The highest BCUT2D eigenvalue weighted by atomic mass is 19.4. The van der Waals surface area contributed by atoms with Crippen LogP contribution in [0.3, 0.4) is 0 Å². The summed E-state index contributed by atoms with van der Waals surface area (Å²) in [6.07, 6.45) is -14.9. The Morgan fingerprint density at radius 1 is 0.900 bits per heavy atom. The molecule has 2 heterocycles. The molecule has 2 atom stereocenters. The molecule has 2 aromatic carbocycles. The number of aliphatic carboxylic acids is 1. The number of alkyl halides is 9. The van der Waals surface area contributed by atoms with Crippen molar-refractivity contribution in [3.05, 3.63) is 76.6 Å². The van der Waals surface area contributed by atoms with E-state index in [4.69, 9.17) is 19.7 Å². The van der Waals surface area contributed by atoms with Crippen LogP contribution in [0.4, 0.5) is 55.9 Å². The SMILES string of the molecule is CCC1C[C@H](N(Cc2cc(C(F)(F)F)cc(C(F)(F)F)c2)c2ncc(OCCO)cn2)c2cc(C(F)(F)F)ccc2N1C(=O)OCCC(=O)O. The van der Waals surface area contributed by atoms with Crippen LogP contribution in [0, 0.1) is 0 Å². The van der Waals surface area contributed by atoms with Gasteiger partial charge in [0.1, 0.15) is 13.2 Å². The summed E-state index contributed by atoms with van der Waals surface area (Å²) >= 11 is 0. The van der Waals surface area contributed by atoms with Crippen LogP contribution in [0.1, 0.15) is 60.0 Å². The number of amides is 1. The zero-order valence-corrected chi connectivity index (χ0v) is 25.9. The highest BCUT2D eigenvalue weighted by Gasteiger charge is 2.42. The van der Waals surface area contributed by atoms with Gasteiger partial charge >= 0.3 is 30.6 Å². The molecule has 19 heteroatoms. The first kappa shape index (κ1) is 38.0. The second-order valence-corrected chi connectivity index (χ2v) is 11.0. The molecule has 272 valence electrons. The number of benzene rings is 2. The van der Waals surface area contributed by atoms with Crippen LogP contribution in [0.25, 0.3) is 0 Å². The summed E-state index contributed by atoms with van der Waals surface area (Å²) in [5.74, 6) is -1.59. The maximum Gasteiger partial charge on any atom is 0.416 e. The molecule has 4 rings (SSSR count). The molecule has 0 saturated carbocycles. The fraction of sp³-hybridized carbons (Fsp3) is 0.419. The van der Waals surface area contributed by atoms with Crippen molar-refractivity contribution in [1.29, 1.82) is 0 Å². The Hall–Kier alpha value is -4.81. The molecule has 0 radical (unpaired) electrons. The van der Waals surface area contributed by atoms with Crippen molar-refractivity contribution >= 4 is 23.7 Å². The third kappa shape index (κ3) is 9.05. The summed E-state index contributed by atoms with van der Waals surface area (Å²) in [6.45, 7) is -0.292. The summed E-state index contributed by atoms with van der Waals surface area (Å²) in [5, 5.41) is 18.0. The fourth-order valence-corrected chi connectivity index (χ4v) is 5.41. The maximum atomic E-state index is 14.0. The second-order valence-electron chi connectivity index (χ2n) is 11.0. The molecule has 1 aliphatic rings. The first-order valence-corrected chi connectivity index (χ1v) is 14.8.